The first-order chi connectivity index (χ1) is 19.3. The number of aliphatic carboxylic acids is 1. The number of aliphatic hydroxyl groups is 1. The van der Waals surface area contributed by atoms with E-state index in [0.29, 0.717) is 16.8 Å². The zero-order valence-corrected chi connectivity index (χ0v) is 24.6. The van der Waals surface area contributed by atoms with Crippen molar-refractivity contribution in [2.24, 2.45) is 0 Å². The number of nitrogens with zero attached hydrogens (tertiary/aromatic N) is 1. The fourth-order valence-electron chi connectivity index (χ4n) is 4.82. The van der Waals surface area contributed by atoms with Gasteiger partial charge in [0.05, 0.1) is 42.8 Å². The predicted octanol–water partition coefficient (Wildman–Crippen LogP) is 6.56. The Labute approximate surface area is 247 Å². The fraction of sp³-hybridized carbons (Fsp3) is 0.258. The van der Waals surface area contributed by atoms with Crippen molar-refractivity contribution in [3.8, 4) is 11.5 Å². The number of hydrogen-bond acceptors (Lipinski definition) is 6. The summed E-state index contributed by atoms with van der Waals surface area (Å²) in [6.07, 6.45) is -0.199. The number of carboxylic acids is 1. The second-order valence-electron chi connectivity index (χ2n) is 10.6. The highest BCUT2D eigenvalue weighted by molar-refractivity contribution is 6.52. The third kappa shape index (κ3) is 5.62. The summed E-state index contributed by atoms with van der Waals surface area (Å²) in [6.45, 7) is 6.20. The van der Waals surface area contributed by atoms with Gasteiger partial charge in [-0.2, -0.15) is 0 Å². The van der Waals surface area contributed by atoms with E-state index in [1.165, 1.54) is 25.2 Å². The summed E-state index contributed by atoms with van der Waals surface area (Å²) in [6, 6.07) is 14.1. The highest BCUT2D eigenvalue weighted by atomic mass is 35.5. The Morgan fingerprint density at radius 3 is 2.02 bits per heavy atom. The Bertz CT molecular complexity index is 1560. The highest BCUT2D eigenvalue weighted by Gasteiger charge is 2.47. The van der Waals surface area contributed by atoms with Crippen molar-refractivity contribution in [1.29, 1.82) is 0 Å². The summed E-state index contributed by atoms with van der Waals surface area (Å²) in [7, 11) is 2.71. The molecule has 0 aromatic heterocycles. The number of anilines is 1. The second kappa shape index (κ2) is 11.5. The quantitative estimate of drug-likeness (QED) is 0.180. The predicted molar refractivity (Wildman–Crippen MR) is 157 cm³/mol. The van der Waals surface area contributed by atoms with E-state index in [4.69, 9.17) is 37.8 Å². The van der Waals surface area contributed by atoms with E-state index in [0.717, 1.165) is 5.56 Å². The van der Waals surface area contributed by atoms with Crippen molar-refractivity contribution in [3.05, 3.63) is 92.5 Å². The van der Waals surface area contributed by atoms with Crippen LogP contribution in [-0.4, -0.2) is 42.1 Å². The van der Waals surface area contributed by atoms with Crippen LogP contribution in [0.2, 0.25) is 10.0 Å². The molecule has 41 heavy (non-hydrogen) atoms. The normalized spacial score (nSPS) is 16.7. The molecule has 10 heteroatoms. The van der Waals surface area contributed by atoms with Crippen LogP contribution in [0, 0.1) is 0 Å². The van der Waals surface area contributed by atoms with Gasteiger partial charge in [-0.1, -0.05) is 80.4 Å². The van der Waals surface area contributed by atoms with Gasteiger partial charge in [0.2, 0.25) is 0 Å². The highest BCUT2D eigenvalue weighted by Crippen LogP contribution is 2.48. The minimum atomic E-state index is -1.03. The molecule has 1 aliphatic rings. The maximum absolute atomic E-state index is 13.6. The zero-order valence-electron chi connectivity index (χ0n) is 23.1. The number of carboxylic acid groups (broad SMARTS) is 1. The summed E-state index contributed by atoms with van der Waals surface area (Å²) in [4.78, 5) is 39.6. The van der Waals surface area contributed by atoms with E-state index in [1.54, 1.807) is 36.4 Å². The van der Waals surface area contributed by atoms with Gasteiger partial charge in [0.15, 0.2) is 11.5 Å². The van der Waals surface area contributed by atoms with Crippen LogP contribution >= 0.6 is 23.2 Å². The van der Waals surface area contributed by atoms with Crippen molar-refractivity contribution in [2.75, 3.05) is 19.1 Å². The molecule has 1 aliphatic heterocycles. The number of Topliss-reactive ketones (excluding diaryl/α,β-unsaturated/α-hetero) is 1. The molecule has 0 radical (unpaired) electrons. The lowest BCUT2D eigenvalue weighted by Crippen LogP contribution is -2.29. The number of ether oxygens (including phenoxy) is 2. The maximum atomic E-state index is 13.6. The van der Waals surface area contributed by atoms with Crippen LogP contribution < -0.4 is 14.4 Å². The zero-order chi connectivity index (χ0) is 30.2. The molecular weight excluding hydrogens is 569 g/mol. The van der Waals surface area contributed by atoms with Crippen molar-refractivity contribution in [1.82, 2.24) is 0 Å². The SMILES string of the molecule is COc1c(Cl)cc(/C(O)=C2\C(=O)C(=O)N(c3ccc(CC(=O)O)cc3)C2c2ccc(C(C)(C)C)cc2)c(OC)c1Cl. The van der Waals surface area contributed by atoms with Gasteiger partial charge in [0, 0.05) is 5.69 Å². The van der Waals surface area contributed by atoms with Crippen molar-refractivity contribution >= 4 is 52.3 Å². The lowest BCUT2D eigenvalue weighted by Gasteiger charge is -2.27. The topological polar surface area (TPSA) is 113 Å². The number of carbonyl (C=O) groups is 3. The number of rotatable bonds is 7. The van der Waals surface area contributed by atoms with E-state index >= 15 is 0 Å². The van der Waals surface area contributed by atoms with Gasteiger partial charge in [-0.05, 0) is 40.3 Å². The van der Waals surface area contributed by atoms with Gasteiger partial charge in [0.25, 0.3) is 11.7 Å². The molecule has 1 atom stereocenters. The first-order valence-electron chi connectivity index (χ1n) is 12.6. The average molecular weight is 598 g/mol. The molecule has 3 aromatic rings. The molecule has 0 saturated carbocycles. The summed E-state index contributed by atoms with van der Waals surface area (Å²) in [5.41, 5.74) is 2.14. The molecular formula is C31H29Cl2NO7. The third-order valence-electron chi connectivity index (χ3n) is 6.90. The van der Waals surface area contributed by atoms with Gasteiger partial charge in [-0.15, -0.1) is 0 Å². The second-order valence-corrected chi connectivity index (χ2v) is 11.3. The Kier molecular flexibility index (Phi) is 8.38. The Morgan fingerprint density at radius 2 is 1.51 bits per heavy atom. The van der Waals surface area contributed by atoms with Crippen LogP contribution in [-0.2, 0) is 26.2 Å². The molecule has 0 aliphatic carbocycles. The number of amides is 1. The number of methoxy groups -OCH3 is 2. The minimum Gasteiger partial charge on any atom is -0.507 e. The maximum Gasteiger partial charge on any atom is 0.307 e. The number of halogens is 2. The fourth-order valence-corrected chi connectivity index (χ4v) is 5.51. The van der Waals surface area contributed by atoms with E-state index in [1.807, 2.05) is 12.1 Å². The molecule has 8 nitrogen and oxygen atoms in total. The molecule has 1 amide bonds. The molecule has 1 heterocycles. The molecule has 1 unspecified atom stereocenters. The van der Waals surface area contributed by atoms with Gasteiger partial charge in [0.1, 0.15) is 10.8 Å². The largest absolute Gasteiger partial charge is 0.507 e. The number of hydrogen-bond donors (Lipinski definition) is 2. The number of ketones is 1. The third-order valence-corrected chi connectivity index (χ3v) is 7.53. The van der Waals surface area contributed by atoms with Crippen LogP contribution in [0.1, 0.15) is 49.1 Å². The molecule has 0 spiro atoms. The van der Waals surface area contributed by atoms with Crippen LogP contribution in [0.15, 0.2) is 60.2 Å². The van der Waals surface area contributed by atoms with Crippen LogP contribution in [0.25, 0.3) is 5.76 Å². The molecule has 3 aromatic carbocycles. The summed E-state index contributed by atoms with van der Waals surface area (Å²) in [5, 5.41) is 20.8. The Hall–Kier alpha value is -4.01. The van der Waals surface area contributed by atoms with E-state index in [2.05, 4.69) is 20.8 Å². The molecule has 1 fully saturated rings. The number of aliphatic hydroxyl groups excluding tert-OH is 1. The lowest BCUT2D eigenvalue weighted by molar-refractivity contribution is -0.136. The first-order valence-corrected chi connectivity index (χ1v) is 13.4. The van der Waals surface area contributed by atoms with Crippen LogP contribution in [0.3, 0.4) is 0 Å². The lowest BCUT2D eigenvalue weighted by atomic mass is 9.85. The summed E-state index contributed by atoms with van der Waals surface area (Å²) >= 11 is 12.8. The molecule has 4 rings (SSSR count). The van der Waals surface area contributed by atoms with E-state index < -0.39 is 29.5 Å². The van der Waals surface area contributed by atoms with Crippen LogP contribution in [0.4, 0.5) is 5.69 Å². The average Bonchev–Trinajstić information content (AvgIpc) is 3.18. The standard InChI is InChI=1S/C31H29Cl2NO7/c1-31(2,3)18-10-8-17(9-11-18)25-23(26(37)20-15-21(32)29(41-5)24(33)28(20)40-4)27(38)30(39)34(25)19-12-6-16(7-13-19)14-22(35)36/h6-13,15,25,37H,14H2,1-5H3,(H,35,36)/b26-23+. The van der Waals surface area contributed by atoms with E-state index in [9.17, 15) is 19.5 Å². The molecule has 1 saturated heterocycles. The molecule has 214 valence electrons. The summed E-state index contributed by atoms with van der Waals surface area (Å²) < 4.78 is 10.7. The number of carbonyl (C=O) groups excluding carboxylic acids is 2. The van der Waals surface area contributed by atoms with Crippen molar-refractivity contribution < 1.29 is 34.1 Å². The molecule has 0 bridgehead atoms. The Morgan fingerprint density at radius 1 is 0.927 bits per heavy atom. The van der Waals surface area contributed by atoms with Crippen LogP contribution in [0.5, 0.6) is 11.5 Å². The summed E-state index contributed by atoms with van der Waals surface area (Å²) in [5.74, 6) is -3.18. The van der Waals surface area contributed by atoms with Gasteiger partial charge in [-0.3, -0.25) is 19.3 Å². The minimum absolute atomic E-state index is 0.00872. The van der Waals surface area contributed by atoms with E-state index in [-0.39, 0.29) is 44.5 Å². The number of benzene rings is 3. The van der Waals surface area contributed by atoms with Gasteiger partial charge >= 0.3 is 5.97 Å². The van der Waals surface area contributed by atoms with Gasteiger partial charge in [-0.25, -0.2) is 0 Å². The molecule has 2 N–H and O–H groups in total. The van der Waals surface area contributed by atoms with Gasteiger partial charge < -0.3 is 19.7 Å². The first kappa shape index (κ1) is 30.0. The van der Waals surface area contributed by atoms with Crippen molar-refractivity contribution in [3.63, 3.8) is 0 Å². The Balaban J connectivity index is 1.96. The smallest absolute Gasteiger partial charge is 0.307 e. The van der Waals surface area contributed by atoms with Crippen molar-refractivity contribution in [2.45, 2.75) is 38.6 Å². The monoisotopic (exact) mass is 597 g/mol.